The van der Waals surface area contributed by atoms with Gasteiger partial charge in [-0.25, -0.2) is 4.79 Å². The first-order valence-electron chi connectivity index (χ1n) is 6.33. The molecule has 1 aromatic rings. The van der Waals surface area contributed by atoms with Gasteiger partial charge < -0.3 is 15.2 Å². The highest BCUT2D eigenvalue weighted by Gasteiger charge is 2.26. The number of nitrogens with one attached hydrogen (secondary N) is 1. The van der Waals surface area contributed by atoms with Crippen LogP contribution in [0.3, 0.4) is 0 Å². The highest BCUT2D eigenvalue weighted by Crippen LogP contribution is 2.18. The van der Waals surface area contributed by atoms with Gasteiger partial charge in [-0.05, 0) is 30.9 Å². The summed E-state index contributed by atoms with van der Waals surface area (Å²) in [5.74, 6) is -1.15. The normalized spacial score (nSPS) is 19.9. The summed E-state index contributed by atoms with van der Waals surface area (Å²) in [6, 6.07) is 7.76. The van der Waals surface area contributed by atoms with Crippen LogP contribution >= 0.6 is 0 Å². The molecule has 1 heterocycles. The molecule has 0 saturated carbocycles. The quantitative estimate of drug-likeness (QED) is 0.839. The summed E-state index contributed by atoms with van der Waals surface area (Å²) in [6.45, 7) is 1.24. The van der Waals surface area contributed by atoms with E-state index in [0.29, 0.717) is 25.2 Å². The van der Waals surface area contributed by atoms with Gasteiger partial charge in [0.05, 0.1) is 0 Å². The summed E-state index contributed by atoms with van der Waals surface area (Å²) in [4.78, 5) is 23.1. The zero-order valence-electron chi connectivity index (χ0n) is 10.5. The van der Waals surface area contributed by atoms with Crippen molar-refractivity contribution in [1.29, 1.82) is 0 Å². The average Bonchev–Trinajstić information content (AvgIpc) is 2.91. The van der Waals surface area contributed by atoms with Crippen molar-refractivity contribution in [2.45, 2.75) is 18.9 Å². The van der Waals surface area contributed by atoms with Crippen molar-refractivity contribution in [2.24, 2.45) is 5.92 Å². The van der Waals surface area contributed by atoms with Crippen molar-refractivity contribution in [3.05, 3.63) is 35.9 Å². The standard InChI is InChI=1S/C14H17NO4/c16-13(11-4-2-1-3-5-11)15-12(14(17)18)8-10-6-7-19-9-10/h1-5,10,12H,6-9H2,(H,15,16)(H,17,18)/t10-,12-/m0/s1. The van der Waals surface area contributed by atoms with Gasteiger partial charge in [-0.15, -0.1) is 0 Å². The lowest BCUT2D eigenvalue weighted by molar-refractivity contribution is -0.139. The van der Waals surface area contributed by atoms with Crippen LogP contribution in [-0.4, -0.2) is 36.2 Å². The van der Waals surface area contributed by atoms with E-state index in [-0.39, 0.29) is 11.8 Å². The third kappa shape index (κ3) is 3.79. The molecule has 0 unspecified atom stereocenters. The summed E-state index contributed by atoms with van der Waals surface area (Å²) >= 11 is 0. The number of hydrogen-bond acceptors (Lipinski definition) is 3. The molecule has 1 aliphatic rings. The first kappa shape index (κ1) is 13.5. The molecule has 1 amide bonds. The lowest BCUT2D eigenvalue weighted by Gasteiger charge is -2.17. The number of carbonyl (C=O) groups is 2. The molecule has 1 aliphatic heterocycles. The van der Waals surface area contributed by atoms with Crippen LogP contribution in [-0.2, 0) is 9.53 Å². The molecule has 2 atom stereocenters. The fourth-order valence-electron chi connectivity index (χ4n) is 2.16. The number of rotatable bonds is 5. The van der Waals surface area contributed by atoms with Gasteiger partial charge in [0, 0.05) is 18.8 Å². The lowest BCUT2D eigenvalue weighted by Crippen LogP contribution is -2.42. The molecule has 0 aliphatic carbocycles. The molecule has 19 heavy (non-hydrogen) atoms. The Morgan fingerprint density at radius 3 is 2.68 bits per heavy atom. The number of amides is 1. The molecule has 102 valence electrons. The molecule has 0 radical (unpaired) electrons. The summed E-state index contributed by atoms with van der Waals surface area (Å²) in [6.07, 6.45) is 1.26. The summed E-state index contributed by atoms with van der Waals surface area (Å²) in [7, 11) is 0. The maximum Gasteiger partial charge on any atom is 0.326 e. The average molecular weight is 263 g/mol. The van der Waals surface area contributed by atoms with E-state index in [0.717, 1.165) is 6.42 Å². The van der Waals surface area contributed by atoms with Crippen LogP contribution in [0.25, 0.3) is 0 Å². The van der Waals surface area contributed by atoms with E-state index in [4.69, 9.17) is 4.74 Å². The Morgan fingerprint density at radius 1 is 1.37 bits per heavy atom. The number of carboxylic acid groups (broad SMARTS) is 1. The topological polar surface area (TPSA) is 75.6 Å². The molecule has 0 aromatic heterocycles. The number of carboxylic acids is 1. The maximum absolute atomic E-state index is 11.9. The monoisotopic (exact) mass is 263 g/mol. The van der Waals surface area contributed by atoms with Crippen LogP contribution < -0.4 is 5.32 Å². The van der Waals surface area contributed by atoms with Crippen molar-refractivity contribution in [2.75, 3.05) is 13.2 Å². The Kier molecular flexibility index (Phi) is 4.52. The number of ether oxygens (including phenoxy) is 1. The molecule has 1 saturated heterocycles. The van der Waals surface area contributed by atoms with Crippen LogP contribution in [0.2, 0.25) is 0 Å². The Bertz CT molecular complexity index is 440. The summed E-state index contributed by atoms with van der Waals surface area (Å²) in [5, 5.41) is 11.7. The molecule has 0 spiro atoms. The van der Waals surface area contributed by atoms with Crippen molar-refractivity contribution in [3.63, 3.8) is 0 Å². The SMILES string of the molecule is O=C(N[C@@H](C[C@@H]1CCOC1)C(=O)O)c1ccccc1. The van der Waals surface area contributed by atoms with E-state index in [9.17, 15) is 14.7 Å². The summed E-state index contributed by atoms with van der Waals surface area (Å²) in [5.41, 5.74) is 0.469. The smallest absolute Gasteiger partial charge is 0.326 e. The van der Waals surface area contributed by atoms with Gasteiger partial charge in [0.2, 0.25) is 0 Å². The first-order valence-corrected chi connectivity index (χ1v) is 6.33. The summed E-state index contributed by atoms with van der Waals surface area (Å²) < 4.78 is 5.22. The van der Waals surface area contributed by atoms with Crippen molar-refractivity contribution in [3.8, 4) is 0 Å². The van der Waals surface area contributed by atoms with E-state index in [2.05, 4.69) is 5.32 Å². The van der Waals surface area contributed by atoms with E-state index >= 15 is 0 Å². The lowest BCUT2D eigenvalue weighted by atomic mass is 9.99. The highest BCUT2D eigenvalue weighted by atomic mass is 16.5. The fraction of sp³-hybridized carbons (Fsp3) is 0.429. The van der Waals surface area contributed by atoms with Crippen LogP contribution in [0.15, 0.2) is 30.3 Å². The number of carbonyl (C=O) groups excluding carboxylic acids is 1. The molecule has 2 N–H and O–H groups in total. The number of aliphatic carboxylic acids is 1. The Hall–Kier alpha value is -1.88. The largest absolute Gasteiger partial charge is 0.480 e. The Balaban J connectivity index is 1.96. The van der Waals surface area contributed by atoms with Gasteiger partial charge in [0.25, 0.3) is 5.91 Å². The molecule has 0 bridgehead atoms. The van der Waals surface area contributed by atoms with Gasteiger partial charge in [-0.3, -0.25) is 4.79 Å². The zero-order chi connectivity index (χ0) is 13.7. The second-order valence-electron chi connectivity index (χ2n) is 4.70. The molecule has 5 heteroatoms. The minimum Gasteiger partial charge on any atom is -0.480 e. The number of benzene rings is 1. The first-order chi connectivity index (χ1) is 9.16. The van der Waals surface area contributed by atoms with Crippen molar-refractivity contribution >= 4 is 11.9 Å². The van der Waals surface area contributed by atoms with Gasteiger partial charge in [0.1, 0.15) is 6.04 Å². The van der Waals surface area contributed by atoms with Crippen LogP contribution in [0, 0.1) is 5.92 Å². The number of hydrogen-bond donors (Lipinski definition) is 2. The fourth-order valence-corrected chi connectivity index (χ4v) is 2.16. The van der Waals surface area contributed by atoms with Crippen LogP contribution in [0.4, 0.5) is 0 Å². The molecule has 2 rings (SSSR count). The highest BCUT2D eigenvalue weighted by molar-refractivity contribution is 5.96. The zero-order valence-corrected chi connectivity index (χ0v) is 10.5. The molecule has 1 aromatic carbocycles. The van der Waals surface area contributed by atoms with Gasteiger partial charge in [0.15, 0.2) is 0 Å². The van der Waals surface area contributed by atoms with E-state index in [1.165, 1.54) is 0 Å². The Labute approximate surface area is 111 Å². The van der Waals surface area contributed by atoms with Crippen molar-refractivity contribution in [1.82, 2.24) is 5.32 Å². The van der Waals surface area contributed by atoms with Crippen molar-refractivity contribution < 1.29 is 19.4 Å². The molecule has 5 nitrogen and oxygen atoms in total. The van der Waals surface area contributed by atoms with Crippen LogP contribution in [0.1, 0.15) is 23.2 Å². The van der Waals surface area contributed by atoms with E-state index in [1.807, 2.05) is 0 Å². The molecule has 1 fully saturated rings. The van der Waals surface area contributed by atoms with Gasteiger partial charge >= 0.3 is 5.97 Å². The van der Waals surface area contributed by atoms with E-state index in [1.54, 1.807) is 30.3 Å². The van der Waals surface area contributed by atoms with Gasteiger partial charge in [-0.1, -0.05) is 18.2 Å². The molecular weight excluding hydrogens is 246 g/mol. The molecular formula is C14H17NO4. The van der Waals surface area contributed by atoms with E-state index < -0.39 is 12.0 Å². The second-order valence-corrected chi connectivity index (χ2v) is 4.70. The maximum atomic E-state index is 11.9. The Morgan fingerprint density at radius 2 is 2.11 bits per heavy atom. The third-order valence-corrected chi connectivity index (χ3v) is 3.23. The third-order valence-electron chi connectivity index (χ3n) is 3.23. The van der Waals surface area contributed by atoms with Crippen LogP contribution in [0.5, 0.6) is 0 Å². The predicted molar refractivity (Wildman–Crippen MR) is 68.9 cm³/mol. The van der Waals surface area contributed by atoms with Gasteiger partial charge in [-0.2, -0.15) is 0 Å². The minimum atomic E-state index is -1.00. The predicted octanol–water partition coefficient (Wildman–Crippen LogP) is 1.30. The second kappa shape index (κ2) is 6.33. The minimum absolute atomic E-state index is 0.206.